The van der Waals surface area contributed by atoms with Crippen molar-refractivity contribution in [1.82, 2.24) is 0 Å². The van der Waals surface area contributed by atoms with E-state index in [1.807, 2.05) is 18.2 Å². The van der Waals surface area contributed by atoms with Crippen molar-refractivity contribution in [3.63, 3.8) is 0 Å². The molecule has 0 aliphatic heterocycles. The highest BCUT2D eigenvalue weighted by Crippen LogP contribution is 2.44. The molecule has 0 amide bonds. The summed E-state index contributed by atoms with van der Waals surface area (Å²) in [4.78, 5) is 0. The highest BCUT2D eigenvalue weighted by atomic mass is 14.3. The molecule has 30 heavy (non-hydrogen) atoms. The summed E-state index contributed by atoms with van der Waals surface area (Å²) in [7, 11) is 0. The van der Waals surface area contributed by atoms with E-state index >= 15 is 0 Å². The van der Waals surface area contributed by atoms with Gasteiger partial charge in [0, 0.05) is 0 Å². The Bertz CT molecular complexity index is 1760. The summed E-state index contributed by atoms with van der Waals surface area (Å²) in [6.07, 6.45) is 0. The number of rotatable bonds is 0. The lowest BCUT2D eigenvalue weighted by atomic mass is 9.86. The first-order valence-corrected chi connectivity index (χ1v) is 9.83. The van der Waals surface area contributed by atoms with Gasteiger partial charge >= 0.3 is 0 Å². The molecule has 6 aromatic rings. The molecular weight excluding hydrogens is 364 g/mol. The lowest BCUT2D eigenvalue weighted by Crippen LogP contribution is -1.91. The standard InChI is InChI=1S/C28H14N2/c29-15-17-13-25-21-9-3-6-12-24(21)27-22-10-4-1-7-19(22)20-8-2-5-11-23(20)28(27)26(25)14-18(17)16-30/h1-14H. The normalized spacial score (nSPS) is 11.3. The van der Waals surface area contributed by atoms with Gasteiger partial charge in [0.25, 0.3) is 0 Å². The van der Waals surface area contributed by atoms with Crippen LogP contribution in [0.25, 0.3) is 53.9 Å². The Kier molecular flexibility index (Phi) is 3.33. The maximum atomic E-state index is 9.68. The molecule has 0 atom stereocenters. The molecule has 0 N–H and O–H groups in total. The second-order valence-corrected chi connectivity index (χ2v) is 7.55. The zero-order valence-electron chi connectivity index (χ0n) is 16.0. The highest BCUT2D eigenvalue weighted by molar-refractivity contribution is 6.39. The minimum atomic E-state index is 0.416. The van der Waals surface area contributed by atoms with Crippen LogP contribution in [0.2, 0.25) is 0 Å². The van der Waals surface area contributed by atoms with E-state index < -0.39 is 0 Å². The summed E-state index contributed by atoms with van der Waals surface area (Å²) in [5.41, 5.74) is 0.832. The van der Waals surface area contributed by atoms with Crippen LogP contribution in [0.1, 0.15) is 11.1 Å². The van der Waals surface area contributed by atoms with E-state index in [9.17, 15) is 10.5 Å². The molecule has 0 saturated heterocycles. The first-order valence-electron chi connectivity index (χ1n) is 9.83. The molecule has 0 unspecified atom stereocenters. The van der Waals surface area contributed by atoms with Gasteiger partial charge in [-0.05, 0) is 66.0 Å². The van der Waals surface area contributed by atoms with E-state index in [-0.39, 0.29) is 0 Å². The zero-order valence-corrected chi connectivity index (χ0v) is 16.0. The van der Waals surface area contributed by atoms with Crippen molar-refractivity contribution in [2.75, 3.05) is 0 Å². The number of nitrogens with zero attached hydrogens (tertiary/aromatic N) is 2. The molecule has 2 nitrogen and oxygen atoms in total. The molecule has 0 aliphatic rings. The van der Waals surface area contributed by atoms with Crippen molar-refractivity contribution < 1.29 is 0 Å². The summed E-state index contributed by atoms with van der Waals surface area (Å²) >= 11 is 0. The van der Waals surface area contributed by atoms with Crippen LogP contribution in [0.3, 0.4) is 0 Å². The van der Waals surface area contributed by atoms with E-state index in [0.717, 1.165) is 32.3 Å². The van der Waals surface area contributed by atoms with Gasteiger partial charge in [0.1, 0.15) is 12.1 Å². The molecular formula is C28H14N2. The monoisotopic (exact) mass is 378 g/mol. The van der Waals surface area contributed by atoms with E-state index in [1.165, 1.54) is 21.5 Å². The van der Waals surface area contributed by atoms with Gasteiger partial charge in [-0.2, -0.15) is 10.5 Å². The third kappa shape index (κ3) is 2.05. The predicted octanol–water partition coefficient (Wildman–Crippen LogP) is 7.20. The van der Waals surface area contributed by atoms with Gasteiger partial charge in [-0.1, -0.05) is 72.8 Å². The van der Waals surface area contributed by atoms with Crippen molar-refractivity contribution in [2.24, 2.45) is 0 Å². The molecule has 0 aliphatic carbocycles. The summed E-state index contributed by atoms with van der Waals surface area (Å²) in [6.45, 7) is 0. The third-order valence-corrected chi connectivity index (χ3v) is 6.09. The lowest BCUT2D eigenvalue weighted by Gasteiger charge is -2.16. The van der Waals surface area contributed by atoms with Crippen LogP contribution in [0.5, 0.6) is 0 Å². The SMILES string of the molecule is N#Cc1cc2c3ccccc3c3c4ccccc4c4ccccc4c3c2cc1C#N. The fourth-order valence-corrected chi connectivity index (χ4v) is 4.85. The molecule has 0 spiro atoms. The highest BCUT2D eigenvalue weighted by Gasteiger charge is 2.17. The number of benzene rings is 6. The maximum absolute atomic E-state index is 9.68. The van der Waals surface area contributed by atoms with Crippen molar-refractivity contribution in [1.29, 1.82) is 10.5 Å². The fourth-order valence-electron chi connectivity index (χ4n) is 4.85. The molecule has 6 rings (SSSR count). The van der Waals surface area contributed by atoms with Gasteiger partial charge in [-0.3, -0.25) is 0 Å². The van der Waals surface area contributed by atoms with E-state index in [1.54, 1.807) is 0 Å². The van der Waals surface area contributed by atoms with Crippen molar-refractivity contribution in [3.8, 4) is 12.1 Å². The summed E-state index contributed by atoms with van der Waals surface area (Å²) in [6, 6.07) is 33.5. The second kappa shape index (κ2) is 6.05. The average molecular weight is 378 g/mol. The Morgan fingerprint density at radius 2 is 0.733 bits per heavy atom. The van der Waals surface area contributed by atoms with Crippen LogP contribution < -0.4 is 0 Å². The fraction of sp³-hybridized carbons (Fsp3) is 0. The summed E-state index contributed by atoms with van der Waals surface area (Å²) in [5.74, 6) is 0. The van der Waals surface area contributed by atoms with E-state index in [0.29, 0.717) is 11.1 Å². The van der Waals surface area contributed by atoms with Crippen molar-refractivity contribution >= 4 is 53.9 Å². The number of nitriles is 2. The first-order chi connectivity index (χ1) is 14.8. The molecule has 0 aromatic heterocycles. The van der Waals surface area contributed by atoms with Gasteiger partial charge in [-0.15, -0.1) is 0 Å². The smallest absolute Gasteiger partial charge is 0.101 e. The molecule has 0 saturated carbocycles. The average Bonchev–Trinajstić information content (AvgIpc) is 2.82. The third-order valence-electron chi connectivity index (χ3n) is 6.09. The van der Waals surface area contributed by atoms with Crippen LogP contribution in [0.15, 0.2) is 84.9 Å². The molecule has 2 heteroatoms. The van der Waals surface area contributed by atoms with Crippen LogP contribution in [-0.2, 0) is 0 Å². The predicted molar refractivity (Wildman–Crippen MR) is 123 cm³/mol. The Morgan fingerprint density at radius 3 is 1.17 bits per heavy atom. The van der Waals surface area contributed by atoms with Crippen LogP contribution >= 0.6 is 0 Å². The van der Waals surface area contributed by atoms with E-state index in [4.69, 9.17) is 0 Å². The molecule has 0 heterocycles. The molecule has 136 valence electrons. The van der Waals surface area contributed by atoms with Gasteiger partial charge in [-0.25, -0.2) is 0 Å². The topological polar surface area (TPSA) is 47.6 Å². The van der Waals surface area contributed by atoms with E-state index in [2.05, 4.69) is 78.9 Å². The van der Waals surface area contributed by atoms with Gasteiger partial charge < -0.3 is 0 Å². The molecule has 6 aromatic carbocycles. The maximum Gasteiger partial charge on any atom is 0.101 e. The lowest BCUT2D eigenvalue weighted by molar-refractivity contribution is 1.45. The first kappa shape index (κ1) is 16.5. The number of hydrogen-bond acceptors (Lipinski definition) is 2. The van der Waals surface area contributed by atoms with Crippen molar-refractivity contribution in [3.05, 3.63) is 96.1 Å². The van der Waals surface area contributed by atoms with Crippen molar-refractivity contribution in [2.45, 2.75) is 0 Å². The molecule has 0 bridgehead atoms. The summed E-state index contributed by atoms with van der Waals surface area (Å²) < 4.78 is 0. The summed E-state index contributed by atoms with van der Waals surface area (Å²) in [5, 5.41) is 30.7. The van der Waals surface area contributed by atoms with Crippen LogP contribution in [0, 0.1) is 22.7 Å². The quantitative estimate of drug-likeness (QED) is 0.262. The number of hydrogen-bond donors (Lipinski definition) is 0. The van der Waals surface area contributed by atoms with Gasteiger partial charge in [0.2, 0.25) is 0 Å². The minimum absolute atomic E-state index is 0.416. The Balaban J connectivity index is 2.09. The number of fused-ring (bicyclic) bond motifs is 11. The molecule has 0 fully saturated rings. The van der Waals surface area contributed by atoms with Crippen LogP contribution in [0.4, 0.5) is 0 Å². The largest absolute Gasteiger partial charge is 0.192 e. The Labute approximate surface area is 172 Å². The minimum Gasteiger partial charge on any atom is -0.192 e. The molecule has 0 radical (unpaired) electrons. The Hall–Kier alpha value is -4.40. The zero-order chi connectivity index (χ0) is 20.2. The van der Waals surface area contributed by atoms with Gasteiger partial charge in [0.05, 0.1) is 11.1 Å². The van der Waals surface area contributed by atoms with Crippen LogP contribution in [-0.4, -0.2) is 0 Å². The van der Waals surface area contributed by atoms with Gasteiger partial charge in [0.15, 0.2) is 0 Å². The second-order valence-electron chi connectivity index (χ2n) is 7.55. The Morgan fingerprint density at radius 1 is 0.400 bits per heavy atom.